The minimum absolute atomic E-state index is 0.0190. The molecule has 4 heterocycles. The molecule has 0 aliphatic carbocycles. The third-order valence-corrected chi connectivity index (χ3v) is 8.41. The van der Waals surface area contributed by atoms with E-state index in [4.69, 9.17) is 24.0 Å². The van der Waals surface area contributed by atoms with Crippen LogP contribution in [0.2, 0.25) is 0 Å². The first-order valence-electron chi connectivity index (χ1n) is 15.6. The second-order valence-corrected chi connectivity index (χ2v) is 11.2. The van der Waals surface area contributed by atoms with Gasteiger partial charge < -0.3 is 18.9 Å². The van der Waals surface area contributed by atoms with Gasteiger partial charge in [0.05, 0.1) is 18.3 Å². The molecule has 42 heavy (non-hydrogen) atoms. The molecule has 3 unspecified atom stereocenters. The van der Waals surface area contributed by atoms with E-state index < -0.39 is 0 Å². The lowest BCUT2D eigenvalue weighted by Crippen LogP contribution is -2.25. The molecular formula is C36H42N2O4. The fourth-order valence-electron chi connectivity index (χ4n) is 6.23. The predicted octanol–water partition coefficient (Wildman–Crippen LogP) is 9.04. The van der Waals surface area contributed by atoms with Crippen molar-refractivity contribution in [3.05, 3.63) is 89.1 Å². The maximum absolute atomic E-state index is 6.82. The van der Waals surface area contributed by atoms with E-state index in [1.165, 1.54) is 11.1 Å². The Kier molecular flexibility index (Phi) is 8.63. The van der Waals surface area contributed by atoms with Crippen molar-refractivity contribution in [3.8, 4) is 11.5 Å². The van der Waals surface area contributed by atoms with Crippen LogP contribution in [0.3, 0.4) is 0 Å². The normalized spacial score (nSPS) is 22.1. The van der Waals surface area contributed by atoms with Gasteiger partial charge in [-0.1, -0.05) is 55.8 Å². The quantitative estimate of drug-likeness (QED) is 0.241. The molecule has 0 amide bonds. The number of benzene rings is 3. The van der Waals surface area contributed by atoms with Crippen molar-refractivity contribution >= 4 is 22.0 Å². The minimum atomic E-state index is -0.249. The Bertz CT molecular complexity index is 1540. The molecule has 220 valence electrons. The first-order valence-corrected chi connectivity index (χ1v) is 15.6. The standard InChI is InChI=1S/C34H36N2O4.C2H6/c1-22-12-14-24(15-13-22)34-33(26-8-7-9-29-28(26)21-35-36(29)31-10-3-5-18-37-31)23(2)27-20-25(16-17-30(27)40-34)39-32-11-4-6-19-38-32;1-2/h7-9,12-17,20-21,31-32,34H,3-6,10-11,18-19H2,1-2H3;1-2H3. The summed E-state index contributed by atoms with van der Waals surface area (Å²) in [5, 5.41) is 5.94. The van der Waals surface area contributed by atoms with E-state index in [0.29, 0.717) is 0 Å². The number of nitrogens with zero attached hydrogens (tertiary/aromatic N) is 2. The highest BCUT2D eigenvalue weighted by Crippen LogP contribution is 2.49. The van der Waals surface area contributed by atoms with Crippen LogP contribution in [0.4, 0.5) is 0 Å². The van der Waals surface area contributed by atoms with Crippen molar-refractivity contribution in [2.24, 2.45) is 0 Å². The summed E-state index contributed by atoms with van der Waals surface area (Å²) in [6.45, 7) is 9.85. The van der Waals surface area contributed by atoms with Gasteiger partial charge in [-0.15, -0.1) is 0 Å². The number of fused-ring (bicyclic) bond motifs is 2. The second kappa shape index (κ2) is 12.7. The van der Waals surface area contributed by atoms with Crippen LogP contribution >= 0.6 is 0 Å². The fourth-order valence-corrected chi connectivity index (χ4v) is 6.23. The van der Waals surface area contributed by atoms with Gasteiger partial charge in [0, 0.05) is 29.6 Å². The van der Waals surface area contributed by atoms with Gasteiger partial charge in [-0.2, -0.15) is 5.10 Å². The van der Waals surface area contributed by atoms with Crippen molar-refractivity contribution < 1.29 is 18.9 Å². The summed E-state index contributed by atoms with van der Waals surface area (Å²) < 4.78 is 27.1. The molecule has 0 N–H and O–H groups in total. The summed E-state index contributed by atoms with van der Waals surface area (Å²) in [5.74, 6) is 1.67. The van der Waals surface area contributed by atoms with E-state index >= 15 is 0 Å². The van der Waals surface area contributed by atoms with Gasteiger partial charge in [0.1, 0.15) is 17.6 Å². The van der Waals surface area contributed by atoms with E-state index in [0.717, 1.165) is 96.4 Å². The SMILES string of the molecule is CC.CC1=C(c2cccc3c2cnn3C2CCCCO2)C(c2ccc(C)cc2)Oc2ccc(OC3CCCCO3)cc21. The number of hydrogen-bond donors (Lipinski definition) is 0. The highest BCUT2D eigenvalue weighted by Gasteiger charge is 2.31. The van der Waals surface area contributed by atoms with E-state index in [1.807, 2.05) is 32.2 Å². The molecule has 3 atom stereocenters. The molecule has 0 spiro atoms. The number of allylic oxidation sites excluding steroid dienone is 1. The van der Waals surface area contributed by atoms with Crippen LogP contribution in [-0.2, 0) is 9.47 Å². The van der Waals surface area contributed by atoms with Gasteiger partial charge in [0.2, 0.25) is 0 Å². The Balaban J connectivity index is 0.00000155. The molecule has 0 saturated carbocycles. The second-order valence-electron chi connectivity index (χ2n) is 11.2. The molecule has 3 aliphatic rings. The Morgan fingerprint density at radius 1 is 0.833 bits per heavy atom. The average Bonchev–Trinajstić information content (AvgIpc) is 3.48. The lowest BCUT2D eigenvalue weighted by atomic mass is 9.85. The highest BCUT2D eigenvalue weighted by molar-refractivity contribution is 6.03. The van der Waals surface area contributed by atoms with Crippen molar-refractivity contribution in [1.82, 2.24) is 9.78 Å². The Morgan fingerprint density at radius 3 is 2.36 bits per heavy atom. The Hall–Kier alpha value is -3.61. The maximum Gasteiger partial charge on any atom is 0.199 e. The molecule has 2 saturated heterocycles. The molecule has 2 fully saturated rings. The fraction of sp³-hybridized carbons (Fsp3) is 0.417. The van der Waals surface area contributed by atoms with Crippen molar-refractivity contribution in [2.75, 3.05) is 13.2 Å². The molecule has 0 bridgehead atoms. The molecular weight excluding hydrogens is 524 g/mol. The van der Waals surface area contributed by atoms with E-state index in [2.05, 4.69) is 67.1 Å². The van der Waals surface area contributed by atoms with Crippen LogP contribution in [-0.4, -0.2) is 29.3 Å². The van der Waals surface area contributed by atoms with Crippen molar-refractivity contribution in [1.29, 1.82) is 0 Å². The van der Waals surface area contributed by atoms with Crippen LogP contribution < -0.4 is 9.47 Å². The zero-order valence-electron chi connectivity index (χ0n) is 25.3. The summed E-state index contributed by atoms with van der Waals surface area (Å²) in [4.78, 5) is 0. The lowest BCUT2D eigenvalue weighted by Gasteiger charge is -2.32. The van der Waals surface area contributed by atoms with Gasteiger partial charge >= 0.3 is 0 Å². The van der Waals surface area contributed by atoms with Crippen molar-refractivity contribution in [2.45, 2.75) is 84.8 Å². The summed E-state index contributed by atoms with van der Waals surface area (Å²) >= 11 is 0. The predicted molar refractivity (Wildman–Crippen MR) is 168 cm³/mol. The minimum Gasteiger partial charge on any atom is -0.480 e. The number of rotatable bonds is 5. The summed E-state index contributed by atoms with van der Waals surface area (Å²) in [7, 11) is 0. The number of hydrogen-bond acceptors (Lipinski definition) is 5. The van der Waals surface area contributed by atoms with Gasteiger partial charge in [-0.25, -0.2) is 4.68 Å². The van der Waals surface area contributed by atoms with Crippen LogP contribution in [0.5, 0.6) is 11.5 Å². The van der Waals surface area contributed by atoms with Gasteiger partial charge in [0.25, 0.3) is 0 Å². The largest absolute Gasteiger partial charge is 0.480 e. The summed E-state index contributed by atoms with van der Waals surface area (Å²) in [6, 6.07) is 21.3. The molecule has 6 heteroatoms. The maximum atomic E-state index is 6.82. The van der Waals surface area contributed by atoms with Gasteiger partial charge in [-0.3, -0.25) is 0 Å². The van der Waals surface area contributed by atoms with Crippen LogP contribution in [0, 0.1) is 6.92 Å². The third kappa shape index (κ3) is 5.58. The molecule has 6 nitrogen and oxygen atoms in total. The molecule has 7 rings (SSSR count). The summed E-state index contributed by atoms with van der Waals surface area (Å²) in [6.07, 6.45) is 7.93. The average molecular weight is 567 g/mol. The van der Waals surface area contributed by atoms with E-state index in [1.54, 1.807) is 0 Å². The van der Waals surface area contributed by atoms with Crippen LogP contribution in [0.15, 0.2) is 66.9 Å². The molecule has 3 aliphatic heterocycles. The van der Waals surface area contributed by atoms with Gasteiger partial charge in [0.15, 0.2) is 12.5 Å². The zero-order chi connectivity index (χ0) is 29.1. The Morgan fingerprint density at radius 2 is 1.62 bits per heavy atom. The van der Waals surface area contributed by atoms with Gasteiger partial charge in [-0.05, 0) is 86.9 Å². The molecule has 4 aromatic rings. The summed E-state index contributed by atoms with van der Waals surface area (Å²) in [5.41, 5.74) is 7.95. The number of aryl methyl sites for hydroxylation is 1. The molecule has 3 aromatic carbocycles. The topological polar surface area (TPSA) is 54.7 Å². The number of ether oxygens (including phenoxy) is 4. The van der Waals surface area contributed by atoms with Crippen LogP contribution in [0.25, 0.3) is 22.0 Å². The third-order valence-electron chi connectivity index (χ3n) is 8.41. The lowest BCUT2D eigenvalue weighted by molar-refractivity contribution is -0.105. The first-order chi connectivity index (χ1) is 20.7. The monoisotopic (exact) mass is 566 g/mol. The van der Waals surface area contributed by atoms with E-state index in [9.17, 15) is 0 Å². The highest BCUT2D eigenvalue weighted by atomic mass is 16.7. The first kappa shape index (κ1) is 28.5. The zero-order valence-corrected chi connectivity index (χ0v) is 25.3. The number of aromatic nitrogens is 2. The molecule has 0 radical (unpaired) electrons. The van der Waals surface area contributed by atoms with Crippen LogP contribution in [0.1, 0.15) is 93.9 Å². The molecule has 1 aromatic heterocycles. The smallest absolute Gasteiger partial charge is 0.199 e. The van der Waals surface area contributed by atoms with E-state index in [-0.39, 0.29) is 18.6 Å². The Labute approximate surface area is 249 Å². The van der Waals surface area contributed by atoms with Crippen molar-refractivity contribution in [3.63, 3.8) is 0 Å².